The quantitative estimate of drug-likeness (QED) is 0.457. The van der Waals surface area contributed by atoms with Gasteiger partial charge in [0.05, 0.1) is 5.69 Å². The van der Waals surface area contributed by atoms with E-state index in [1.54, 1.807) is 11.0 Å². The lowest BCUT2D eigenvalue weighted by atomic mass is 10.3. The zero-order chi connectivity index (χ0) is 14.5. The zero-order valence-electron chi connectivity index (χ0n) is 12.1. The zero-order valence-corrected chi connectivity index (χ0v) is 15.3. The van der Waals surface area contributed by atoms with Gasteiger partial charge in [0.15, 0.2) is 11.8 Å². The maximum Gasteiger partial charge on any atom is 0.191 e. The van der Waals surface area contributed by atoms with E-state index in [9.17, 15) is 0 Å². The van der Waals surface area contributed by atoms with Crippen LogP contribution in [0.15, 0.2) is 41.7 Å². The second kappa shape index (κ2) is 8.37. The predicted molar refractivity (Wildman–Crippen MR) is 101 cm³/mol. The number of aliphatic imine (C=N–C) groups is 1. The highest BCUT2D eigenvalue weighted by Gasteiger charge is 2.12. The molecule has 6 nitrogen and oxygen atoms in total. The Hall–Kier alpha value is -1.29. The molecule has 1 fully saturated rings. The molecule has 2 heterocycles. The van der Waals surface area contributed by atoms with Gasteiger partial charge in [-0.15, -0.1) is 24.0 Å². The van der Waals surface area contributed by atoms with E-state index >= 15 is 0 Å². The number of halogens is 1. The van der Waals surface area contributed by atoms with Crippen molar-refractivity contribution in [3.8, 4) is 5.69 Å². The molecule has 1 aliphatic heterocycles. The molecule has 22 heavy (non-hydrogen) atoms. The fourth-order valence-electron chi connectivity index (χ4n) is 2.20. The molecule has 0 radical (unpaired) electrons. The van der Waals surface area contributed by atoms with Crippen LogP contribution < -0.4 is 5.73 Å². The predicted octanol–water partition coefficient (Wildman–Crippen LogP) is 1.75. The van der Waals surface area contributed by atoms with Crippen molar-refractivity contribution < 1.29 is 0 Å². The average molecular weight is 430 g/mol. The summed E-state index contributed by atoms with van der Waals surface area (Å²) in [6.07, 6.45) is 1.55. The van der Waals surface area contributed by atoms with Gasteiger partial charge in [0.2, 0.25) is 0 Å². The number of rotatable bonds is 3. The lowest BCUT2D eigenvalue weighted by Crippen LogP contribution is -2.42. The van der Waals surface area contributed by atoms with E-state index < -0.39 is 0 Å². The Morgan fingerprint density at radius 2 is 1.95 bits per heavy atom. The summed E-state index contributed by atoms with van der Waals surface area (Å²) in [7, 11) is 0. The van der Waals surface area contributed by atoms with Gasteiger partial charge in [0, 0.05) is 24.6 Å². The lowest BCUT2D eigenvalue weighted by Gasteiger charge is -2.27. The largest absolute Gasteiger partial charge is 0.370 e. The van der Waals surface area contributed by atoms with E-state index in [-0.39, 0.29) is 24.0 Å². The summed E-state index contributed by atoms with van der Waals surface area (Å²) in [5, 5.41) is 4.26. The lowest BCUT2D eigenvalue weighted by molar-refractivity contribution is 0.455. The molecule has 0 unspecified atom stereocenters. The van der Waals surface area contributed by atoms with Gasteiger partial charge in [0.25, 0.3) is 0 Å². The van der Waals surface area contributed by atoms with Crippen LogP contribution in [0, 0.1) is 0 Å². The van der Waals surface area contributed by atoms with Gasteiger partial charge in [-0.05, 0) is 12.1 Å². The number of nitrogens with two attached hydrogens (primary N) is 1. The van der Waals surface area contributed by atoms with Crippen molar-refractivity contribution in [3.05, 3.63) is 42.5 Å². The molecule has 0 atom stereocenters. The van der Waals surface area contributed by atoms with Crippen LogP contribution in [0.3, 0.4) is 0 Å². The smallest absolute Gasteiger partial charge is 0.191 e. The maximum absolute atomic E-state index is 6.06. The van der Waals surface area contributed by atoms with E-state index in [4.69, 9.17) is 5.73 Å². The molecular formula is C14H19IN6S. The molecule has 2 aromatic rings. The molecule has 1 aromatic heterocycles. The van der Waals surface area contributed by atoms with Crippen LogP contribution in [0.1, 0.15) is 5.82 Å². The standard InChI is InChI=1S/C14H18N6S.HI/c15-14(19-6-8-21-9-7-19)16-10-13-17-11-18-20(13)12-4-2-1-3-5-12;/h1-5,11H,6-10H2,(H2,15,16);1H. The Morgan fingerprint density at radius 3 is 2.68 bits per heavy atom. The van der Waals surface area contributed by atoms with Gasteiger partial charge in [-0.3, -0.25) is 0 Å². The van der Waals surface area contributed by atoms with Crippen LogP contribution in [0.5, 0.6) is 0 Å². The fraction of sp³-hybridized carbons (Fsp3) is 0.357. The molecular weight excluding hydrogens is 411 g/mol. The molecule has 3 rings (SSSR count). The summed E-state index contributed by atoms with van der Waals surface area (Å²) in [6.45, 7) is 2.36. The van der Waals surface area contributed by atoms with E-state index in [2.05, 4.69) is 20.0 Å². The SMILES string of the molecule is I.NC(=NCc1ncnn1-c1ccccc1)N1CCSCC1. The molecule has 0 aliphatic carbocycles. The van der Waals surface area contributed by atoms with Crippen molar-refractivity contribution in [2.75, 3.05) is 24.6 Å². The molecule has 1 saturated heterocycles. The van der Waals surface area contributed by atoms with Gasteiger partial charge in [0.1, 0.15) is 12.9 Å². The van der Waals surface area contributed by atoms with Gasteiger partial charge in [-0.1, -0.05) is 18.2 Å². The van der Waals surface area contributed by atoms with Crippen molar-refractivity contribution >= 4 is 41.7 Å². The van der Waals surface area contributed by atoms with Gasteiger partial charge in [-0.2, -0.15) is 16.9 Å². The molecule has 2 N–H and O–H groups in total. The van der Waals surface area contributed by atoms with Crippen LogP contribution in [0.2, 0.25) is 0 Å². The first kappa shape index (κ1) is 17.1. The molecule has 1 aromatic carbocycles. The van der Waals surface area contributed by atoms with Gasteiger partial charge < -0.3 is 10.6 Å². The second-order valence-corrected chi connectivity index (χ2v) is 5.92. The average Bonchev–Trinajstić information content (AvgIpc) is 3.03. The number of thioether (sulfide) groups is 1. The second-order valence-electron chi connectivity index (χ2n) is 4.70. The highest BCUT2D eigenvalue weighted by atomic mass is 127. The van der Waals surface area contributed by atoms with E-state index in [1.165, 1.54) is 0 Å². The summed E-state index contributed by atoms with van der Waals surface area (Å²) in [6, 6.07) is 9.92. The first-order chi connectivity index (χ1) is 10.3. The van der Waals surface area contributed by atoms with E-state index in [1.807, 2.05) is 42.1 Å². The van der Waals surface area contributed by atoms with Crippen molar-refractivity contribution in [1.82, 2.24) is 19.7 Å². The number of benzene rings is 1. The molecule has 0 saturated carbocycles. The maximum atomic E-state index is 6.06. The first-order valence-corrected chi connectivity index (χ1v) is 8.07. The number of hydrogen-bond acceptors (Lipinski definition) is 4. The number of guanidine groups is 1. The van der Waals surface area contributed by atoms with Crippen LogP contribution >= 0.6 is 35.7 Å². The summed E-state index contributed by atoms with van der Waals surface area (Å²) >= 11 is 1.95. The minimum absolute atomic E-state index is 0. The third-order valence-corrected chi connectivity index (χ3v) is 4.28. The summed E-state index contributed by atoms with van der Waals surface area (Å²) < 4.78 is 1.79. The summed E-state index contributed by atoms with van der Waals surface area (Å²) in [5.41, 5.74) is 7.04. The number of para-hydroxylation sites is 1. The van der Waals surface area contributed by atoms with E-state index in [0.717, 1.165) is 36.1 Å². The minimum atomic E-state index is 0. The van der Waals surface area contributed by atoms with Crippen LogP contribution in [-0.4, -0.2) is 50.2 Å². The normalized spacial score (nSPS) is 15.5. The molecule has 0 amide bonds. The Labute approximate surface area is 151 Å². The van der Waals surface area contributed by atoms with E-state index in [0.29, 0.717) is 12.5 Å². The van der Waals surface area contributed by atoms with Gasteiger partial charge in [-0.25, -0.2) is 14.7 Å². The monoisotopic (exact) mass is 430 g/mol. The van der Waals surface area contributed by atoms with Crippen LogP contribution in [0.4, 0.5) is 0 Å². The highest BCUT2D eigenvalue weighted by molar-refractivity contribution is 14.0. The molecule has 1 aliphatic rings. The molecule has 118 valence electrons. The third-order valence-electron chi connectivity index (χ3n) is 3.34. The van der Waals surface area contributed by atoms with Gasteiger partial charge >= 0.3 is 0 Å². The van der Waals surface area contributed by atoms with Crippen LogP contribution in [0.25, 0.3) is 5.69 Å². The Morgan fingerprint density at radius 1 is 1.23 bits per heavy atom. The Bertz CT molecular complexity index is 609. The Kier molecular flexibility index (Phi) is 6.49. The fourth-order valence-corrected chi connectivity index (χ4v) is 3.11. The highest BCUT2D eigenvalue weighted by Crippen LogP contribution is 2.10. The van der Waals surface area contributed by atoms with Crippen LogP contribution in [-0.2, 0) is 6.54 Å². The summed E-state index contributed by atoms with van der Waals surface area (Å²) in [5.74, 6) is 3.60. The Balaban J connectivity index is 0.00000176. The molecule has 0 spiro atoms. The minimum Gasteiger partial charge on any atom is -0.370 e. The molecule has 8 heteroatoms. The number of nitrogens with zero attached hydrogens (tertiary/aromatic N) is 5. The summed E-state index contributed by atoms with van der Waals surface area (Å²) in [4.78, 5) is 10.9. The number of hydrogen-bond donors (Lipinski definition) is 1. The van der Waals surface area contributed by atoms with Crippen molar-refractivity contribution in [2.24, 2.45) is 10.7 Å². The first-order valence-electron chi connectivity index (χ1n) is 6.91. The topological polar surface area (TPSA) is 72.3 Å². The molecule has 0 bridgehead atoms. The third kappa shape index (κ3) is 4.13. The van der Waals surface area contributed by atoms with Crippen molar-refractivity contribution in [2.45, 2.75) is 6.54 Å². The van der Waals surface area contributed by atoms with Crippen molar-refractivity contribution in [3.63, 3.8) is 0 Å². The number of aromatic nitrogens is 3. The van der Waals surface area contributed by atoms with Crippen molar-refractivity contribution in [1.29, 1.82) is 0 Å².